The van der Waals surface area contributed by atoms with E-state index in [1.165, 1.54) is 12.8 Å². The Bertz CT molecular complexity index is 304. The molecule has 3 nitrogen and oxygen atoms in total. The average Bonchev–Trinajstić information content (AvgIpc) is 2.89. The zero-order valence-corrected chi connectivity index (χ0v) is 8.75. The topological polar surface area (TPSA) is 30.7 Å². The van der Waals surface area contributed by atoms with E-state index in [0.717, 1.165) is 17.3 Å². The lowest BCUT2D eigenvalue weighted by Gasteiger charge is -2.11. The van der Waals surface area contributed by atoms with Gasteiger partial charge in [0.1, 0.15) is 5.69 Å². The molecule has 0 saturated heterocycles. The van der Waals surface area contributed by atoms with E-state index in [9.17, 15) is 0 Å². The first-order chi connectivity index (χ1) is 6.24. The molecule has 2 rings (SSSR count). The molecule has 4 heteroatoms. The van der Waals surface area contributed by atoms with Gasteiger partial charge in [0, 0.05) is 0 Å². The van der Waals surface area contributed by atoms with Crippen LogP contribution in [0.5, 0.6) is 0 Å². The van der Waals surface area contributed by atoms with Gasteiger partial charge in [-0.3, -0.25) is 0 Å². The van der Waals surface area contributed by atoms with Gasteiger partial charge in [-0.2, -0.15) is 0 Å². The van der Waals surface area contributed by atoms with E-state index in [2.05, 4.69) is 17.2 Å². The van der Waals surface area contributed by atoms with Crippen molar-refractivity contribution in [1.82, 2.24) is 15.0 Å². The highest BCUT2D eigenvalue weighted by molar-refractivity contribution is 6.16. The van der Waals surface area contributed by atoms with Crippen molar-refractivity contribution in [3.8, 4) is 0 Å². The van der Waals surface area contributed by atoms with Crippen LogP contribution in [0.1, 0.15) is 37.2 Å². The molecule has 0 bridgehead atoms. The number of halogens is 1. The van der Waals surface area contributed by atoms with Gasteiger partial charge >= 0.3 is 0 Å². The largest absolute Gasteiger partial charge is 0.246 e. The molecule has 0 amide bonds. The van der Waals surface area contributed by atoms with Crippen molar-refractivity contribution in [2.75, 3.05) is 0 Å². The van der Waals surface area contributed by atoms with Crippen molar-refractivity contribution in [3.05, 3.63) is 11.4 Å². The molecular weight excluding hydrogens is 186 g/mol. The Morgan fingerprint density at radius 2 is 2.31 bits per heavy atom. The van der Waals surface area contributed by atoms with Gasteiger partial charge in [0.05, 0.1) is 17.6 Å². The molecule has 13 heavy (non-hydrogen) atoms. The van der Waals surface area contributed by atoms with Gasteiger partial charge in [0.2, 0.25) is 0 Å². The van der Waals surface area contributed by atoms with Gasteiger partial charge in [0.15, 0.2) is 0 Å². The maximum atomic E-state index is 5.73. The maximum absolute atomic E-state index is 5.73. The molecule has 1 aromatic heterocycles. The van der Waals surface area contributed by atoms with Gasteiger partial charge < -0.3 is 0 Å². The Morgan fingerprint density at radius 3 is 2.77 bits per heavy atom. The van der Waals surface area contributed by atoms with Crippen molar-refractivity contribution >= 4 is 11.6 Å². The first-order valence-corrected chi connectivity index (χ1v) is 5.24. The predicted octanol–water partition coefficient (Wildman–Crippen LogP) is 2.30. The third-order valence-electron chi connectivity index (χ3n) is 2.84. The highest BCUT2D eigenvalue weighted by Crippen LogP contribution is 2.39. The Hall–Kier alpha value is -0.570. The van der Waals surface area contributed by atoms with Crippen LogP contribution in [0.3, 0.4) is 0 Å². The van der Waals surface area contributed by atoms with E-state index in [1.807, 2.05) is 11.6 Å². The molecule has 72 valence electrons. The molecule has 1 aliphatic carbocycles. The fourth-order valence-electron chi connectivity index (χ4n) is 1.66. The molecule has 1 heterocycles. The van der Waals surface area contributed by atoms with Gasteiger partial charge in [-0.05, 0) is 32.6 Å². The maximum Gasteiger partial charge on any atom is 0.100 e. The van der Waals surface area contributed by atoms with E-state index in [1.54, 1.807) is 0 Å². The van der Waals surface area contributed by atoms with Crippen LogP contribution < -0.4 is 0 Å². The molecule has 0 radical (unpaired) electrons. The fraction of sp³-hybridized carbons (Fsp3) is 0.778. The summed E-state index contributed by atoms with van der Waals surface area (Å²) >= 11 is 5.73. The summed E-state index contributed by atoms with van der Waals surface area (Å²) in [6.07, 6.45) is 2.66. The summed E-state index contributed by atoms with van der Waals surface area (Å²) < 4.78 is 2.01. The summed E-state index contributed by atoms with van der Waals surface area (Å²) in [5.74, 6) is 1.27. The standard InChI is InChI=1S/C9H14ClN3/c1-6(8-3-4-8)13-7(2)9(5-10)11-12-13/h6,8H,3-5H2,1-2H3. The molecule has 1 atom stereocenters. The van der Waals surface area contributed by atoms with Crippen molar-refractivity contribution in [3.63, 3.8) is 0 Å². The second-order valence-corrected chi connectivity index (χ2v) is 4.05. The Labute approximate surface area is 83.1 Å². The quantitative estimate of drug-likeness (QED) is 0.700. The van der Waals surface area contributed by atoms with Crippen LogP contribution in [0.25, 0.3) is 0 Å². The minimum atomic E-state index is 0.462. The third-order valence-corrected chi connectivity index (χ3v) is 3.09. The molecule has 0 aliphatic heterocycles. The minimum absolute atomic E-state index is 0.462. The number of hydrogen-bond acceptors (Lipinski definition) is 2. The number of aromatic nitrogens is 3. The number of nitrogens with zero attached hydrogens (tertiary/aromatic N) is 3. The third kappa shape index (κ3) is 1.57. The highest BCUT2D eigenvalue weighted by atomic mass is 35.5. The van der Waals surface area contributed by atoms with Crippen LogP contribution >= 0.6 is 11.6 Å². The zero-order chi connectivity index (χ0) is 9.42. The second-order valence-electron chi connectivity index (χ2n) is 3.78. The van der Waals surface area contributed by atoms with Crippen LogP contribution in [-0.4, -0.2) is 15.0 Å². The SMILES string of the molecule is Cc1c(CCl)nnn1C(C)C1CC1. The smallest absolute Gasteiger partial charge is 0.100 e. The van der Waals surface area contributed by atoms with Gasteiger partial charge in [-0.1, -0.05) is 5.21 Å². The average molecular weight is 200 g/mol. The molecule has 1 fully saturated rings. The highest BCUT2D eigenvalue weighted by Gasteiger charge is 2.30. The lowest BCUT2D eigenvalue weighted by atomic mass is 10.2. The molecule has 1 aliphatic rings. The lowest BCUT2D eigenvalue weighted by molar-refractivity contribution is 0.420. The van der Waals surface area contributed by atoms with Crippen molar-refractivity contribution < 1.29 is 0 Å². The van der Waals surface area contributed by atoms with Crippen LogP contribution in [0.4, 0.5) is 0 Å². The fourth-order valence-corrected chi connectivity index (χ4v) is 1.91. The zero-order valence-electron chi connectivity index (χ0n) is 8.00. The molecule has 1 aromatic rings. The Balaban J connectivity index is 2.23. The summed E-state index contributed by atoms with van der Waals surface area (Å²) in [6, 6.07) is 0.490. The van der Waals surface area contributed by atoms with Crippen molar-refractivity contribution in [2.24, 2.45) is 5.92 Å². The van der Waals surface area contributed by atoms with E-state index < -0.39 is 0 Å². The van der Waals surface area contributed by atoms with Gasteiger partial charge in [-0.15, -0.1) is 16.7 Å². The number of rotatable bonds is 3. The van der Waals surface area contributed by atoms with Crippen molar-refractivity contribution in [1.29, 1.82) is 0 Å². The molecule has 0 N–H and O–H groups in total. The van der Waals surface area contributed by atoms with Gasteiger partial charge in [0.25, 0.3) is 0 Å². The molecule has 1 unspecified atom stereocenters. The summed E-state index contributed by atoms with van der Waals surface area (Å²) in [5, 5.41) is 8.18. The first-order valence-electron chi connectivity index (χ1n) is 4.70. The number of hydrogen-bond donors (Lipinski definition) is 0. The predicted molar refractivity (Wildman–Crippen MR) is 51.8 cm³/mol. The minimum Gasteiger partial charge on any atom is -0.246 e. The number of alkyl halides is 1. The molecule has 0 aromatic carbocycles. The van der Waals surface area contributed by atoms with Crippen molar-refractivity contribution in [2.45, 2.75) is 38.6 Å². The lowest BCUT2D eigenvalue weighted by Crippen LogP contribution is -2.10. The summed E-state index contributed by atoms with van der Waals surface area (Å²) in [4.78, 5) is 0. The van der Waals surface area contributed by atoms with E-state index in [0.29, 0.717) is 11.9 Å². The Kier molecular flexibility index (Phi) is 2.28. The monoisotopic (exact) mass is 199 g/mol. The molecule has 0 spiro atoms. The van der Waals surface area contributed by atoms with Crippen LogP contribution in [0, 0.1) is 12.8 Å². The van der Waals surface area contributed by atoms with E-state index >= 15 is 0 Å². The summed E-state index contributed by atoms with van der Waals surface area (Å²) in [6.45, 7) is 4.24. The Morgan fingerprint density at radius 1 is 1.62 bits per heavy atom. The van der Waals surface area contributed by atoms with E-state index in [-0.39, 0.29) is 0 Å². The molecule has 1 saturated carbocycles. The van der Waals surface area contributed by atoms with Gasteiger partial charge in [-0.25, -0.2) is 4.68 Å². The first kappa shape index (κ1) is 9.00. The van der Waals surface area contributed by atoms with Crippen LogP contribution in [0.15, 0.2) is 0 Å². The normalized spacial score (nSPS) is 19.0. The summed E-state index contributed by atoms with van der Waals surface area (Å²) in [5.41, 5.74) is 2.03. The van der Waals surface area contributed by atoms with Crippen LogP contribution in [0.2, 0.25) is 0 Å². The van der Waals surface area contributed by atoms with Crippen LogP contribution in [-0.2, 0) is 5.88 Å². The molecular formula is C9H14ClN3. The summed E-state index contributed by atoms with van der Waals surface area (Å²) in [7, 11) is 0. The second kappa shape index (κ2) is 3.29. The van der Waals surface area contributed by atoms with E-state index in [4.69, 9.17) is 11.6 Å².